The molecule has 0 unspecified atom stereocenters. The molecule has 5 heteroatoms. The first-order valence-electron chi connectivity index (χ1n) is 4.41. The van der Waals surface area contributed by atoms with E-state index in [0.717, 1.165) is 0 Å². The average molecular weight is 241 g/mol. The summed E-state index contributed by atoms with van der Waals surface area (Å²) in [5.41, 5.74) is 0.375. The molecule has 0 amide bonds. The van der Waals surface area contributed by atoms with E-state index in [1.807, 2.05) is 0 Å². The van der Waals surface area contributed by atoms with E-state index in [4.69, 9.17) is 21.8 Å². The third kappa shape index (κ3) is 3.40. The molecule has 0 saturated carbocycles. The molecule has 1 aromatic carbocycles. The molecule has 0 aliphatic rings. The molecule has 0 heterocycles. The number of hydrogen-bond acceptors (Lipinski definition) is 2. The largest absolute Gasteiger partial charge is 0.478 e. The molecule has 0 saturated heterocycles. The predicted molar refractivity (Wildman–Crippen MR) is 58.5 cm³/mol. The summed E-state index contributed by atoms with van der Waals surface area (Å²) in [6.07, 6.45) is 0.660. The average Bonchev–Trinajstić information content (AvgIpc) is 2.19. The van der Waals surface area contributed by atoms with Crippen molar-refractivity contribution in [2.75, 3.05) is 0 Å². The number of halogens is 1. The summed E-state index contributed by atoms with van der Waals surface area (Å²) < 4.78 is 0. The van der Waals surface area contributed by atoms with Crippen molar-refractivity contribution < 1.29 is 19.8 Å². The van der Waals surface area contributed by atoms with Crippen molar-refractivity contribution in [1.29, 1.82) is 0 Å². The highest BCUT2D eigenvalue weighted by molar-refractivity contribution is 6.31. The summed E-state index contributed by atoms with van der Waals surface area (Å²) >= 11 is 5.84. The highest BCUT2D eigenvalue weighted by Crippen LogP contribution is 2.18. The standard InChI is InChI=1S/C11H9ClO4/c12-9-4-2-1-3-7(9)5-8(11(15)16)6-10(13)14/h1-4,6H,5H2,(H,13,14)(H,15,16)/b8-6-. The van der Waals surface area contributed by atoms with E-state index in [-0.39, 0.29) is 12.0 Å². The Labute approximate surface area is 96.8 Å². The zero-order chi connectivity index (χ0) is 12.1. The van der Waals surface area contributed by atoms with Gasteiger partial charge in [0.2, 0.25) is 0 Å². The second-order valence-corrected chi connectivity index (χ2v) is 3.49. The van der Waals surface area contributed by atoms with E-state index < -0.39 is 11.9 Å². The van der Waals surface area contributed by atoms with Crippen LogP contribution in [-0.4, -0.2) is 22.2 Å². The first-order valence-corrected chi connectivity index (χ1v) is 4.78. The molecule has 0 atom stereocenters. The van der Waals surface area contributed by atoms with Crippen molar-refractivity contribution in [3.63, 3.8) is 0 Å². The van der Waals surface area contributed by atoms with Crippen LogP contribution in [0.5, 0.6) is 0 Å². The van der Waals surface area contributed by atoms with E-state index in [1.54, 1.807) is 24.3 Å². The first-order chi connectivity index (χ1) is 7.50. The molecule has 0 fully saturated rings. The number of carbonyl (C=O) groups is 2. The lowest BCUT2D eigenvalue weighted by Gasteiger charge is -2.04. The third-order valence-corrected chi connectivity index (χ3v) is 2.28. The molecule has 0 aromatic heterocycles. The van der Waals surface area contributed by atoms with Gasteiger partial charge in [0.25, 0.3) is 0 Å². The van der Waals surface area contributed by atoms with Crippen LogP contribution in [0.4, 0.5) is 0 Å². The van der Waals surface area contributed by atoms with Crippen LogP contribution in [0.1, 0.15) is 5.56 Å². The lowest BCUT2D eigenvalue weighted by atomic mass is 10.1. The van der Waals surface area contributed by atoms with E-state index in [1.165, 1.54) is 0 Å². The quantitative estimate of drug-likeness (QED) is 0.789. The van der Waals surface area contributed by atoms with Crippen LogP contribution in [-0.2, 0) is 16.0 Å². The van der Waals surface area contributed by atoms with Gasteiger partial charge in [-0.15, -0.1) is 0 Å². The zero-order valence-electron chi connectivity index (χ0n) is 8.18. The van der Waals surface area contributed by atoms with Crippen LogP contribution in [0.2, 0.25) is 5.02 Å². The molecular weight excluding hydrogens is 232 g/mol. The Kier molecular flexibility index (Phi) is 4.08. The van der Waals surface area contributed by atoms with Crippen molar-refractivity contribution >= 4 is 23.5 Å². The van der Waals surface area contributed by atoms with Crippen molar-refractivity contribution in [3.05, 3.63) is 46.5 Å². The molecule has 0 spiro atoms. The topological polar surface area (TPSA) is 74.6 Å². The second kappa shape index (κ2) is 5.32. The lowest BCUT2D eigenvalue weighted by molar-refractivity contribution is -0.135. The fourth-order valence-electron chi connectivity index (χ4n) is 1.18. The van der Waals surface area contributed by atoms with Gasteiger partial charge in [0.05, 0.1) is 0 Å². The van der Waals surface area contributed by atoms with Gasteiger partial charge in [-0.2, -0.15) is 0 Å². The molecule has 0 aliphatic carbocycles. The lowest BCUT2D eigenvalue weighted by Crippen LogP contribution is -2.07. The minimum absolute atomic E-state index is 0.0126. The van der Waals surface area contributed by atoms with Crippen molar-refractivity contribution in [3.8, 4) is 0 Å². The van der Waals surface area contributed by atoms with Crippen LogP contribution >= 0.6 is 11.6 Å². The molecule has 2 N–H and O–H groups in total. The van der Waals surface area contributed by atoms with Gasteiger partial charge in [-0.05, 0) is 11.6 Å². The number of rotatable bonds is 4. The SMILES string of the molecule is O=C(O)/C=C(/Cc1ccccc1Cl)C(=O)O. The molecule has 0 radical (unpaired) electrons. The normalized spacial score (nSPS) is 11.2. The van der Waals surface area contributed by atoms with Crippen LogP contribution in [0.3, 0.4) is 0 Å². The Morgan fingerprint density at radius 1 is 1.25 bits per heavy atom. The van der Waals surface area contributed by atoms with Crippen molar-refractivity contribution in [2.24, 2.45) is 0 Å². The van der Waals surface area contributed by atoms with E-state index in [0.29, 0.717) is 16.7 Å². The maximum atomic E-state index is 10.8. The summed E-state index contributed by atoms with van der Waals surface area (Å²) in [5.74, 6) is -2.55. The van der Waals surface area contributed by atoms with Gasteiger partial charge in [0.15, 0.2) is 0 Å². The number of carboxylic acids is 2. The van der Waals surface area contributed by atoms with Crippen LogP contribution in [0.15, 0.2) is 35.9 Å². The van der Waals surface area contributed by atoms with Gasteiger partial charge in [0, 0.05) is 23.1 Å². The summed E-state index contributed by atoms with van der Waals surface area (Å²) in [6.45, 7) is 0. The Morgan fingerprint density at radius 2 is 1.88 bits per heavy atom. The summed E-state index contributed by atoms with van der Waals surface area (Å²) in [4.78, 5) is 21.2. The summed E-state index contributed by atoms with van der Waals surface area (Å²) in [7, 11) is 0. The van der Waals surface area contributed by atoms with Gasteiger partial charge in [-0.1, -0.05) is 29.8 Å². The molecule has 1 rings (SSSR count). The monoisotopic (exact) mass is 240 g/mol. The second-order valence-electron chi connectivity index (χ2n) is 3.08. The van der Waals surface area contributed by atoms with Crippen molar-refractivity contribution in [1.82, 2.24) is 0 Å². The summed E-state index contributed by atoms with van der Waals surface area (Å²) in [5, 5.41) is 17.7. The Morgan fingerprint density at radius 3 is 2.38 bits per heavy atom. The molecular formula is C11H9ClO4. The molecule has 84 valence electrons. The fraction of sp³-hybridized carbons (Fsp3) is 0.0909. The third-order valence-electron chi connectivity index (χ3n) is 1.91. The van der Waals surface area contributed by atoms with Crippen LogP contribution in [0.25, 0.3) is 0 Å². The molecule has 16 heavy (non-hydrogen) atoms. The zero-order valence-corrected chi connectivity index (χ0v) is 8.94. The van der Waals surface area contributed by atoms with Gasteiger partial charge < -0.3 is 10.2 Å². The fourth-order valence-corrected chi connectivity index (χ4v) is 1.39. The number of hydrogen-bond donors (Lipinski definition) is 2. The van der Waals surface area contributed by atoms with Gasteiger partial charge >= 0.3 is 11.9 Å². The highest BCUT2D eigenvalue weighted by Gasteiger charge is 2.11. The molecule has 0 aliphatic heterocycles. The predicted octanol–water partition coefficient (Wildman–Crippen LogP) is 1.98. The molecule has 4 nitrogen and oxygen atoms in total. The minimum atomic E-state index is -1.29. The van der Waals surface area contributed by atoms with Crippen molar-refractivity contribution in [2.45, 2.75) is 6.42 Å². The first kappa shape index (κ1) is 12.3. The number of aliphatic carboxylic acids is 2. The highest BCUT2D eigenvalue weighted by atomic mass is 35.5. The minimum Gasteiger partial charge on any atom is -0.478 e. The van der Waals surface area contributed by atoms with Gasteiger partial charge in [-0.3, -0.25) is 0 Å². The maximum Gasteiger partial charge on any atom is 0.332 e. The smallest absolute Gasteiger partial charge is 0.332 e. The number of benzene rings is 1. The van der Waals surface area contributed by atoms with Gasteiger partial charge in [0.1, 0.15) is 0 Å². The Hall–Kier alpha value is -1.81. The Balaban J connectivity index is 2.98. The molecule has 1 aromatic rings. The van der Waals surface area contributed by atoms with Crippen LogP contribution in [0, 0.1) is 0 Å². The van der Waals surface area contributed by atoms with E-state index in [2.05, 4.69) is 0 Å². The maximum absolute atomic E-state index is 10.8. The summed E-state index contributed by atoms with van der Waals surface area (Å²) in [6, 6.07) is 6.70. The van der Waals surface area contributed by atoms with E-state index >= 15 is 0 Å². The molecule has 0 bridgehead atoms. The number of carboxylic acid groups (broad SMARTS) is 2. The van der Waals surface area contributed by atoms with Crippen LogP contribution < -0.4 is 0 Å². The van der Waals surface area contributed by atoms with Gasteiger partial charge in [-0.25, -0.2) is 9.59 Å². The van der Waals surface area contributed by atoms with E-state index in [9.17, 15) is 9.59 Å². The Bertz CT molecular complexity index is 451.